The lowest BCUT2D eigenvalue weighted by atomic mass is 10.1. The molecule has 0 amide bonds. The van der Waals surface area contributed by atoms with Crippen molar-refractivity contribution in [1.82, 2.24) is 0 Å². The first-order chi connectivity index (χ1) is 11.2. The van der Waals surface area contributed by atoms with Crippen LogP contribution in [0, 0.1) is 0 Å². The molecule has 122 valence electrons. The average molecular weight is 347 g/mol. The molecule has 0 aliphatic heterocycles. The van der Waals surface area contributed by atoms with E-state index in [-0.39, 0.29) is 0 Å². The van der Waals surface area contributed by atoms with Crippen molar-refractivity contribution < 1.29 is 8.95 Å². The summed E-state index contributed by atoms with van der Waals surface area (Å²) < 4.78 is 18.8. The molecule has 23 heavy (non-hydrogen) atoms. The van der Waals surface area contributed by atoms with Gasteiger partial charge in [-0.25, -0.2) is 0 Å². The molecule has 0 heterocycles. The van der Waals surface area contributed by atoms with Gasteiger partial charge in [0.05, 0.1) is 15.0 Å². The highest BCUT2D eigenvalue weighted by Gasteiger charge is 2.10. The van der Waals surface area contributed by atoms with E-state index in [1.165, 1.54) is 11.8 Å². The molecule has 1 atom stereocenters. The van der Waals surface area contributed by atoms with Crippen LogP contribution in [0.15, 0.2) is 52.8 Å². The average Bonchev–Trinajstić information content (AvgIpc) is 2.58. The van der Waals surface area contributed by atoms with Gasteiger partial charge in [0.2, 0.25) is 0 Å². The number of aryl methyl sites for hydroxylation is 1. The third-order valence-electron chi connectivity index (χ3n) is 3.49. The Balaban J connectivity index is 2.34. The van der Waals surface area contributed by atoms with Crippen LogP contribution in [0.1, 0.15) is 23.6 Å². The second-order valence-corrected chi connectivity index (χ2v) is 7.54. The first kappa shape index (κ1) is 17.8. The van der Waals surface area contributed by atoms with Crippen molar-refractivity contribution in [3.05, 3.63) is 69.5 Å². The SMILES string of the molecule is CCc1cccc(/C=C(\SC)S(C)=O)c1OCc1ccccc1. The summed E-state index contributed by atoms with van der Waals surface area (Å²) in [6.45, 7) is 2.65. The van der Waals surface area contributed by atoms with Crippen molar-refractivity contribution in [2.45, 2.75) is 20.0 Å². The number of hydrogen-bond donors (Lipinski definition) is 0. The zero-order valence-corrected chi connectivity index (χ0v) is 15.4. The molecule has 4 heteroatoms. The summed E-state index contributed by atoms with van der Waals surface area (Å²) in [7, 11) is -0.992. The Morgan fingerprint density at radius 2 is 1.91 bits per heavy atom. The Morgan fingerprint density at radius 1 is 1.17 bits per heavy atom. The van der Waals surface area contributed by atoms with E-state index in [1.54, 1.807) is 6.26 Å². The molecule has 0 fully saturated rings. The van der Waals surface area contributed by atoms with Crippen molar-refractivity contribution in [3.8, 4) is 5.75 Å². The first-order valence-electron chi connectivity index (χ1n) is 7.53. The lowest BCUT2D eigenvalue weighted by Crippen LogP contribution is -2.00. The number of thioether (sulfide) groups is 1. The van der Waals surface area contributed by atoms with E-state index in [2.05, 4.69) is 25.1 Å². The highest BCUT2D eigenvalue weighted by molar-refractivity contribution is 8.16. The third-order valence-corrected chi connectivity index (χ3v) is 5.90. The molecule has 0 bridgehead atoms. The topological polar surface area (TPSA) is 26.3 Å². The number of benzene rings is 2. The molecule has 0 radical (unpaired) electrons. The first-order valence-corrected chi connectivity index (χ1v) is 10.3. The van der Waals surface area contributed by atoms with Gasteiger partial charge in [0.25, 0.3) is 0 Å². The van der Waals surface area contributed by atoms with Gasteiger partial charge < -0.3 is 4.74 Å². The zero-order valence-electron chi connectivity index (χ0n) is 13.7. The van der Waals surface area contributed by atoms with Crippen LogP contribution in [0.5, 0.6) is 5.75 Å². The summed E-state index contributed by atoms with van der Waals surface area (Å²) in [5.74, 6) is 0.885. The van der Waals surface area contributed by atoms with Crippen molar-refractivity contribution in [2.75, 3.05) is 12.5 Å². The molecular weight excluding hydrogens is 324 g/mol. The maximum Gasteiger partial charge on any atom is 0.130 e. The van der Waals surface area contributed by atoms with E-state index < -0.39 is 10.8 Å². The maximum absolute atomic E-state index is 11.8. The highest BCUT2D eigenvalue weighted by Crippen LogP contribution is 2.30. The van der Waals surface area contributed by atoms with E-state index >= 15 is 0 Å². The molecule has 2 rings (SSSR count). The molecule has 0 saturated heterocycles. The Kier molecular flexibility index (Phi) is 6.93. The van der Waals surface area contributed by atoms with Gasteiger partial charge in [0.15, 0.2) is 0 Å². The predicted molar refractivity (Wildman–Crippen MR) is 102 cm³/mol. The number of hydrogen-bond acceptors (Lipinski definition) is 3. The van der Waals surface area contributed by atoms with E-state index in [4.69, 9.17) is 4.74 Å². The zero-order chi connectivity index (χ0) is 16.7. The number of rotatable bonds is 7. The molecule has 0 N–H and O–H groups in total. The number of para-hydroxylation sites is 1. The highest BCUT2D eigenvalue weighted by atomic mass is 32.2. The van der Waals surface area contributed by atoms with Crippen LogP contribution in [0.25, 0.3) is 6.08 Å². The minimum absolute atomic E-state index is 0.530. The molecule has 0 spiro atoms. The Morgan fingerprint density at radius 3 is 2.52 bits per heavy atom. The molecular formula is C19H22O2S2. The smallest absolute Gasteiger partial charge is 0.130 e. The lowest BCUT2D eigenvalue weighted by molar-refractivity contribution is 0.302. The number of ether oxygens (including phenoxy) is 1. The normalized spacial score (nSPS) is 12.9. The van der Waals surface area contributed by atoms with E-state index in [0.29, 0.717) is 6.61 Å². The van der Waals surface area contributed by atoms with Crippen LogP contribution in [-0.4, -0.2) is 16.7 Å². The fourth-order valence-electron chi connectivity index (χ4n) is 2.29. The fraction of sp³-hybridized carbons (Fsp3) is 0.263. The monoisotopic (exact) mass is 346 g/mol. The van der Waals surface area contributed by atoms with Crippen molar-refractivity contribution in [1.29, 1.82) is 0 Å². The summed E-state index contributed by atoms with van der Waals surface area (Å²) in [6.07, 6.45) is 6.52. The van der Waals surface area contributed by atoms with E-state index in [1.807, 2.05) is 42.7 Å². The van der Waals surface area contributed by atoms with Crippen molar-refractivity contribution in [3.63, 3.8) is 0 Å². The van der Waals surface area contributed by atoms with Crippen LogP contribution < -0.4 is 4.74 Å². The largest absolute Gasteiger partial charge is 0.488 e. The van der Waals surface area contributed by atoms with Crippen LogP contribution in [-0.2, 0) is 23.8 Å². The van der Waals surface area contributed by atoms with Gasteiger partial charge in [-0.2, -0.15) is 0 Å². The third kappa shape index (κ3) is 4.98. The summed E-state index contributed by atoms with van der Waals surface area (Å²) in [6, 6.07) is 16.3. The van der Waals surface area contributed by atoms with Crippen LogP contribution >= 0.6 is 11.8 Å². The Bertz CT molecular complexity index is 694. The van der Waals surface area contributed by atoms with Crippen molar-refractivity contribution in [2.24, 2.45) is 0 Å². The van der Waals surface area contributed by atoms with Gasteiger partial charge >= 0.3 is 0 Å². The van der Waals surface area contributed by atoms with E-state index in [0.717, 1.165) is 33.1 Å². The summed E-state index contributed by atoms with van der Waals surface area (Å²) in [4.78, 5) is 0. The van der Waals surface area contributed by atoms with Gasteiger partial charge in [-0.1, -0.05) is 55.5 Å². The molecule has 0 saturated carbocycles. The fourth-order valence-corrected chi connectivity index (χ4v) is 3.77. The van der Waals surface area contributed by atoms with Gasteiger partial charge in [0.1, 0.15) is 12.4 Å². The van der Waals surface area contributed by atoms with Crippen molar-refractivity contribution >= 4 is 28.6 Å². The molecule has 2 aromatic carbocycles. The van der Waals surface area contributed by atoms with Crippen LogP contribution in [0.4, 0.5) is 0 Å². The maximum atomic E-state index is 11.8. The molecule has 2 aromatic rings. The Hall–Kier alpha value is -1.52. The molecule has 0 aliphatic rings. The van der Waals surface area contributed by atoms with Crippen LogP contribution in [0.2, 0.25) is 0 Å². The van der Waals surface area contributed by atoms with Crippen LogP contribution in [0.3, 0.4) is 0 Å². The predicted octanol–water partition coefficient (Wildman–Crippen LogP) is 4.87. The molecule has 2 nitrogen and oxygen atoms in total. The lowest BCUT2D eigenvalue weighted by Gasteiger charge is -2.14. The van der Waals surface area contributed by atoms with Gasteiger partial charge in [-0.15, -0.1) is 11.8 Å². The minimum atomic E-state index is -0.992. The summed E-state index contributed by atoms with van der Waals surface area (Å²) in [5.41, 5.74) is 3.29. The molecule has 1 unspecified atom stereocenters. The summed E-state index contributed by atoms with van der Waals surface area (Å²) in [5, 5.41) is 0. The quantitative estimate of drug-likeness (QED) is 0.715. The van der Waals surface area contributed by atoms with Gasteiger partial charge in [0, 0.05) is 11.8 Å². The van der Waals surface area contributed by atoms with Gasteiger partial charge in [-0.3, -0.25) is 4.21 Å². The van der Waals surface area contributed by atoms with E-state index in [9.17, 15) is 4.21 Å². The Labute approximate surface area is 145 Å². The standard InChI is InChI=1S/C19H22O2S2/c1-4-16-11-8-12-17(13-18(22-2)23(3)20)19(16)21-14-15-9-6-5-7-10-15/h5-13H,4,14H2,1-3H3/b18-13+. The minimum Gasteiger partial charge on any atom is -0.488 e. The molecule has 0 aromatic heterocycles. The van der Waals surface area contributed by atoms with Gasteiger partial charge in [-0.05, 0) is 29.9 Å². The second-order valence-electron chi connectivity index (χ2n) is 5.08. The summed E-state index contributed by atoms with van der Waals surface area (Å²) >= 11 is 1.51. The molecule has 0 aliphatic carbocycles. The second kappa shape index (κ2) is 8.94.